The van der Waals surface area contributed by atoms with Gasteiger partial charge in [0.05, 0.1) is 18.7 Å². The van der Waals surface area contributed by atoms with Gasteiger partial charge in [-0.3, -0.25) is 4.79 Å². The number of fused-ring (bicyclic) bond motifs is 3. The largest absolute Gasteiger partial charge is 0.481 e. The van der Waals surface area contributed by atoms with Gasteiger partial charge in [0.1, 0.15) is 11.3 Å². The highest BCUT2D eigenvalue weighted by molar-refractivity contribution is 6.14. The van der Waals surface area contributed by atoms with Crippen molar-refractivity contribution in [3.63, 3.8) is 0 Å². The van der Waals surface area contributed by atoms with E-state index >= 15 is 0 Å². The maximum Gasteiger partial charge on any atom is 0.306 e. The number of ether oxygens (including phenoxy) is 1. The molecule has 0 saturated carbocycles. The molecular weight excluding hydrogens is 296 g/mol. The van der Waals surface area contributed by atoms with Crippen molar-refractivity contribution in [1.82, 2.24) is 4.98 Å². The lowest BCUT2D eigenvalue weighted by Crippen LogP contribution is -2.40. The minimum atomic E-state index is -0.931. The molecule has 0 fully saturated rings. The molecule has 6 nitrogen and oxygen atoms in total. The third-order valence-corrected chi connectivity index (χ3v) is 4.66. The van der Waals surface area contributed by atoms with E-state index in [0.717, 1.165) is 28.5 Å². The van der Waals surface area contributed by atoms with Gasteiger partial charge in [0.2, 0.25) is 0 Å². The monoisotopic (exact) mass is 316 g/mol. The fourth-order valence-corrected chi connectivity index (χ4v) is 3.43. The van der Waals surface area contributed by atoms with Gasteiger partial charge in [-0.25, -0.2) is 0 Å². The van der Waals surface area contributed by atoms with E-state index in [-0.39, 0.29) is 13.0 Å². The van der Waals surface area contributed by atoms with Gasteiger partial charge in [-0.1, -0.05) is 37.2 Å². The fraction of sp³-hybridized carbons (Fsp3) is 0.412. The Morgan fingerprint density at radius 3 is 2.83 bits per heavy atom. The van der Waals surface area contributed by atoms with Gasteiger partial charge in [0.25, 0.3) is 0 Å². The molecule has 0 bridgehead atoms. The van der Waals surface area contributed by atoms with E-state index in [9.17, 15) is 15.1 Å². The van der Waals surface area contributed by atoms with Gasteiger partial charge in [-0.05, 0) is 18.4 Å². The van der Waals surface area contributed by atoms with Crippen molar-refractivity contribution < 1.29 is 19.8 Å². The molecular formula is C17H20N2O4. The van der Waals surface area contributed by atoms with Crippen molar-refractivity contribution >= 4 is 22.6 Å². The van der Waals surface area contributed by atoms with Crippen LogP contribution in [0.1, 0.15) is 43.5 Å². The summed E-state index contributed by atoms with van der Waals surface area (Å²) in [4.78, 5) is 14.7. The van der Waals surface area contributed by atoms with E-state index in [4.69, 9.17) is 4.74 Å². The summed E-state index contributed by atoms with van der Waals surface area (Å²) in [5.41, 5.74) is 3.04. The number of nitrogens with one attached hydrogen (secondary N) is 1. The van der Waals surface area contributed by atoms with Crippen molar-refractivity contribution in [1.29, 1.82) is 0 Å². The van der Waals surface area contributed by atoms with Crippen molar-refractivity contribution in [2.45, 2.75) is 38.7 Å². The summed E-state index contributed by atoms with van der Waals surface area (Å²) in [5, 5.41) is 23.0. The Labute approximate surface area is 133 Å². The molecule has 1 aliphatic heterocycles. The number of nitrogens with zero attached hydrogens (tertiary/aromatic N) is 1. The number of carboxylic acid groups (broad SMARTS) is 1. The number of rotatable bonds is 4. The number of hydrogen-bond donors (Lipinski definition) is 3. The number of aromatic nitrogens is 1. The van der Waals surface area contributed by atoms with Crippen LogP contribution in [0.3, 0.4) is 0 Å². The number of para-hydroxylation sites is 1. The zero-order chi connectivity index (χ0) is 16.6. The maximum atomic E-state index is 11.4. The average molecular weight is 316 g/mol. The highest BCUT2D eigenvalue weighted by Crippen LogP contribution is 2.42. The van der Waals surface area contributed by atoms with Crippen molar-refractivity contribution in [3.05, 3.63) is 35.0 Å². The van der Waals surface area contributed by atoms with E-state index in [1.807, 2.05) is 25.1 Å². The molecule has 6 heteroatoms. The first-order chi connectivity index (χ1) is 11.1. The lowest BCUT2D eigenvalue weighted by Gasteiger charge is -2.35. The third-order valence-electron chi connectivity index (χ3n) is 4.66. The second-order valence-electron chi connectivity index (χ2n) is 5.82. The maximum absolute atomic E-state index is 11.4. The summed E-state index contributed by atoms with van der Waals surface area (Å²) in [6, 6.07) is 5.96. The lowest BCUT2D eigenvalue weighted by atomic mass is 9.85. The first-order valence-electron chi connectivity index (χ1n) is 7.77. The molecule has 2 heterocycles. The van der Waals surface area contributed by atoms with Gasteiger partial charge >= 0.3 is 5.97 Å². The molecule has 0 amide bonds. The SMILES string of the molecule is CCc1cccc2c3c([nH]c12)C(CC)(CC(=O)O)OCC3=NO. The molecule has 2 aromatic rings. The van der Waals surface area contributed by atoms with E-state index in [1.54, 1.807) is 0 Å². The minimum absolute atomic E-state index is 0.0912. The van der Waals surface area contributed by atoms with E-state index in [0.29, 0.717) is 17.8 Å². The number of carboxylic acids is 1. The van der Waals surface area contributed by atoms with Crippen molar-refractivity contribution in [2.75, 3.05) is 6.61 Å². The molecule has 0 aliphatic carbocycles. The second kappa shape index (κ2) is 5.70. The molecule has 0 saturated heterocycles. The standard InChI is InChI=1S/C17H20N2O4/c1-3-10-6-5-7-11-14-12(19-22)9-23-17(4-2,8-13(20)21)16(14)18-15(10)11/h5-7,18,22H,3-4,8-9H2,1-2H3,(H,20,21). The number of aromatic amines is 1. The highest BCUT2D eigenvalue weighted by atomic mass is 16.5. The van der Waals surface area contributed by atoms with Gasteiger partial charge in [-0.2, -0.15) is 0 Å². The van der Waals surface area contributed by atoms with Gasteiger partial charge < -0.3 is 20.0 Å². The molecule has 122 valence electrons. The van der Waals surface area contributed by atoms with E-state index in [2.05, 4.69) is 17.1 Å². The minimum Gasteiger partial charge on any atom is -0.481 e. The van der Waals surface area contributed by atoms with Crippen LogP contribution in [0.4, 0.5) is 0 Å². The molecule has 23 heavy (non-hydrogen) atoms. The Kier molecular flexibility index (Phi) is 3.85. The number of benzene rings is 1. The quantitative estimate of drug-likeness (QED) is 0.597. The van der Waals surface area contributed by atoms with Crippen LogP contribution in [0.15, 0.2) is 23.4 Å². The highest BCUT2D eigenvalue weighted by Gasteiger charge is 2.43. The lowest BCUT2D eigenvalue weighted by molar-refractivity contribution is -0.146. The molecule has 3 N–H and O–H groups in total. The Hall–Kier alpha value is -2.34. The first kappa shape index (κ1) is 15.6. The summed E-state index contributed by atoms with van der Waals surface area (Å²) in [6.07, 6.45) is 1.23. The number of aryl methyl sites for hydroxylation is 1. The van der Waals surface area contributed by atoms with Crippen LogP contribution in [0.2, 0.25) is 0 Å². The normalized spacial score (nSPS) is 22.4. The molecule has 0 spiro atoms. The van der Waals surface area contributed by atoms with Crippen LogP contribution in [0, 0.1) is 0 Å². The van der Waals surface area contributed by atoms with Crippen molar-refractivity contribution in [2.24, 2.45) is 5.16 Å². The smallest absolute Gasteiger partial charge is 0.306 e. The summed E-state index contributed by atoms with van der Waals surface area (Å²) >= 11 is 0. The number of carbonyl (C=O) groups is 1. The third kappa shape index (κ3) is 2.30. The zero-order valence-electron chi connectivity index (χ0n) is 13.2. The van der Waals surface area contributed by atoms with Crippen LogP contribution in [-0.4, -0.2) is 33.6 Å². The van der Waals surface area contributed by atoms with E-state index < -0.39 is 11.6 Å². The molecule has 1 aliphatic rings. The van der Waals surface area contributed by atoms with Crippen LogP contribution in [0.25, 0.3) is 10.9 Å². The van der Waals surface area contributed by atoms with Crippen LogP contribution < -0.4 is 0 Å². The number of H-pyrrole nitrogens is 1. The Balaban J connectivity index is 2.34. The topological polar surface area (TPSA) is 94.9 Å². The van der Waals surface area contributed by atoms with Gasteiger partial charge in [0, 0.05) is 16.5 Å². The van der Waals surface area contributed by atoms with Crippen molar-refractivity contribution in [3.8, 4) is 0 Å². The Bertz CT molecular complexity index is 793. The molecule has 1 aromatic heterocycles. The summed E-state index contributed by atoms with van der Waals surface area (Å²) in [6.45, 7) is 4.06. The van der Waals surface area contributed by atoms with Gasteiger partial charge in [-0.15, -0.1) is 0 Å². The predicted octanol–water partition coefficient (Wildman–Crippen LogP) is 3.02. The zero-order valence-corrected chi connectivity index (χ0v) is 13.2. The molecule has 1 atom stereocenters. The fourth-order valence-electron chi connectivity index (χ4n) is 3.43. The predicted molar refractivity (Wildman–Crippen MR) is 86.2 cm³/mol. The molecule has 1 unspecified atom stereocenters. The van der Waals surface area contributed by atoms with Crippen LogP contribution in [-0.2, 0) is 21.6 Å². The summed E-state index contributed by atoms with van der Waals surface area (Å²) < 4.78 is 5.86. The Morgan fingerprint density at radius 1 is 1.43 bits per heavy atom. The first-order valence-corrected chi connectivity index (χ1v) is 7.77. The number of hydrogen-bond acceptors (Lipinski definition) is 4. The Morgan fingerprint density at radius 2 is 2.22 bits per heavy atom. The average Bonchev–Trinajstić information content (AvgIpc) is 2.95. The molecule has 1 aromatic carbocycles. The molecule has 3 rings (SSSR count). The second-order valence-corrected chi connectivity index (χ2v) is 5.82. The summed E-state index contributed by atoms with van der Waals surface area (Å²) in [5.74, 6) is -0.920. The van der Waals surface area contributed by atoms with Crippen LogP contribution in [0.5, 0.6) is 0 Å². The van der Waals surface area contributed by atoms with E-state index in [1.165, 1.54) is 0 Å². The summed E-state index contributed by atoms with van der Waals surface area (Å²) in [7, 11) is 0. The van der Waals surface area contributed by atoms with Gasteiger partial charge in [0.15, 0.2) is 0 Å². The number of aliphatic carboxylic acids is 1. The van der Waals surface area contributed by atoms with Crippen LogP contribution >= 0.6 is 0 Å². The number of oxime groups is 1. The molecule has 0 radical (unpaired) electrons.